The molecular weight excluding hydrogens is 442 g/mol. The minimum Gasteiger partial charge on any atom is -0.426 e. The van der Waals surface area contributed by atoms with Crippen LogP contribution >= 0.6 is 46.4 Å². The zero-order valence-corrected chi connectivity index (χ0v) is 18.5. The molecule has 0 heterocycles. The van der Waals surface area contributed by atoms with E-state index in [0.717, 1.165) is 19.3 Å². The zero-order chi connectivity index (χ0) is 20.7. The minimum absolute atomic E-state index is 0.153. The largest absolute Gasteiger partial charge is 0.426 e. The van der Waals surface area contributed by atoms with E-state index in [1.807, 2.05) is 6.92 Å². The Labute approximate surface area is 184 Å². The summed E-state index contributed by atoms with van der Waals surface area (Å²) >= 11 is 24.7. The van der Waals surface area contributed by atoms with Gasteiger partial charge in [-0.1, -0.05) is 79.2 Å². The van der Waals surface area contributed by atoms with E-state index < -0.39 is 0 Å². The molecule has 2 aromatic carbocycles. The van der Waals surface area contributed by atoms with Crippen molar-refractivity contribution >= 4 is 63.7 Å². The van der Waals surface area contributed by atoms with E-state index in [9.17, 15) is 4.79 Å². The van der Waals surface area contributed by atoms with Crippen LogP contribution in [0.2, 0.25) is 20.1 Å². The highest BCUT2D eigenvalue weighted by Gasteiger charge is 2.19. The van der Waals surface area contributed by atoms with Crippen LogP contribution in [0.5, 0.6) is 5.75 Å². The van der Waals surface area contributed by atoms with E-state index in [-0.39, 0.29) is 33.4 Å². The fourth-order valence-corrected chi connectivity index (χ4v) is 3.54. The maximum atomic E-state index is 12.4. The number of ether oxygens (including phenoxy) is 1. The lowest BCUT2D eigenvalue weighted by atomic mass is 10.00. The van der Waals surface area contributed by atoms with Gasteiger partial charge in [0.2, 0.25) is 0 Å². The summed E-state index contributed by atoms with van der Waals surface area (Å²) in [6.45, 7) is 4.05. The van der Waals surface area contributed by atoms with Gasteiger partial charge in [-0.2, -0.15) is 0 Å². The van der Waals surface area contributed by atoms with Crippen molar-refractivity contribution < 1.29 is 9.53 Å². The summed E-state index contributed by atoms with van der Waals surface area (Å²) in [4.78, 5) is 12.4. The second-order valence-electron chi connectivity index (χ2n) is 6.17. The Hall–Kier alpha value is -1.33. The molecule has 0 amide bonds. The number of benzene rings is 2. The molecule has 0 spiro atoms. The van der Waals surface area contributed by atoms with Crippen molar-refractivity contribution in [3.8, 4) is 5.75 Å². The Morgan fingerprint density at radius 1 is 0.964 bits per heavy atom. The number of carbonyl (C=O) groups excluding carboxylic acids is 1. The molecule has 2 aromatic rings. The Morgan fingerprint density at radius 3 is 2.00 bits per heavy atom. The summed E-state index contributed by atoms with van der Waals surface area (Å²) in [6, 6.07) is 7.98. The van der Waals surface area contributed by atoms with Crippen molar-refractivity contribution in [2.75, 3.05) is 0 Å². The molecule has 8 heteroatoms. The molecule has 0 aliphatic carbocycles. The molecule has 1 unspecified atom stereocenters. The molecule has 4 nitrogen and oxygen atoms in total. The highest BCUT2D eigenvalue weighted by atomic mass is 35.5. The monoisotopic (exact) mass is 460 g/mol. The molecule has 1 atom stereocenters. The lowest BCUT2D eigenvalue weighted by molar-refractivity contribution is -0.139. The fraction of sp³-hybridized carbons (Fsp3) is 0.350. The second-order valence-corrected chi connectivity index (χ2v) is 7.80. The van der Waals surface area contributed by atoms with Gasteiger partial charge in [0.05, 0.1) is 26.0 Å². The summed E-state index contributed by atoms with van der Waals surface area (Å²) in [5, 5.41) is 9.21. The van der Waals surface area contributed by atoms with Crippen molar-refractivity contribution in [3.05, 3.63) is 50.4 Å². The molecule has 150 valence electrons. The lowest BCUT2D eigenvalue weighted by Gasteiger charge is -2.14. The first kappa shape index (κ1) is 23.0. The summed E-state index contributed by atoms with van der Waals surface area (Å²) in [5.74, 6) is -0.177. The second kappa shape index (κ2) is 11.0. The number of hydrogen-bond donors (Lipinski definition) is 0. The number of hydrogen-bond acceptors (Lipinski definition) is 4. The Bertz CT molecular complexity index is 828. The third-order valence-electron chi connectivity index (χ3n) is 4.13. The summed E-state index contributed by atoms with van der Waals surface area (Å²) < 4.78 is 5.46. The van der Waals surface area contributed by atoms with Crippen LogP contribution in [-0.2, 0) is 4.79 Å². The molecule has 0 N–H and O–H groups in total. The first-order valence-electron chi connectivity index (χ1n) is 8.93. The van der Waals surface area contributed by atoms with E-state index in [4.69, 9.17) is 51.1 Å². The molecule has 0 saturated carbocycles. The SMILES string of the molecule is CCCCC(CC)C(=O)Oc1cc(Cl)c(N=Nc2c(Cl)cccc2Cl)c(Cl)c1. The molecule has 0 radical (unpaired) electrons. The number of nitrogens with zero attached hydrogens (tertiary/aromatic N) is 2. The van der Waals surface area contributed by atoms with Crippen molar-refractivity contribution in [1.82, 2.24) is 0 Å². The van der Waals surface area contributed by atoms with Crippen LogP contribution in [-0.4, -0.2) is 5.97 Å². The molecule has 0 fully saturated rings. The maximum absolute atomic E-state index is 12.4. The van der Waals surface area contributed by atoms with Crippen LogP contribution in [0.25, 0.3) is 0 Å². The van der Waals surface area contributed by atoms with E-state index in [0.29, 0.717) is 22.2 Å². The normalized spacial score (nSPS) is 12.4. The summed E-state index contributed by atoms with van der Waals surface area (Å²) in [6.07, 6.45) is 3.50. The van der Waals surface area contributed by atoms with Crippen molar-refractivity contribution in [1.29, 1.82) is 0 Å². The standard InChI is InChI=1S/C20H20Cl4N2O2/c1-3-5-7-12(4-2)20(27)28-13-10-16(23)19(17(24)11-13)26-25-18-14(21)8-6-9-15(18)22/h6,8-12H,3-5,7H2,1-2H3. The van der Waals surface area contributed by atoms with Gasteiger partial charge in [-0.3, -0.25) is 4.79 Å². The number of rotatable bonds is 8. The Balaban J connectivity index is 2.21. The lowest BCUT2D eigenvalue weighted by Crippen LogP contribution is -2.20. The van der Waals surface area contributed by atoms with Gasteiger partial charge in [-0.05, 0) is 25.0 Å². The van der Waals surface area contributed by atoms with E-state index in [1.165, 1.54) is 12.1 Å². The predicted molar refractivity (Wildman–Crippen MR) is 116 cm³/mol. The third kappa shape index (κ3) is 6.08. The number of unbranched alkanes of at least 4 members (excludes halogenated alkanes) is 1. The van der Waals surface area contributed by atoms with E-state index in [2.05, 4.69) is 17.2 Å². The minimum atomic E-state index is -0.291. The van der Waals surface area contributed by atoms with Crippen molar-refractivity contribution in [3.63, 3.8) is 0 Å². The molecule has 0 saturated heterocycles. The fourth-order valence-electron chi connectivity index (χ4n) is 2.52. The van der Waals surface area contributed by atoms with Gasteiger partial charge in [0.1, 0.15) is 17.1 Å². The molecule has 28 heavy (non-hydrogen) atoms. The van der Waals surface area contributed by atoms with Crippen LogP contribution in [0.15, 0.2) is 40.6 Å². The molecule has 0 aliphatic heterocycles. The van der Waals surface area contributed by atoms with E-state index >= 15 is 0 Å². The topological polar surface area (TPSA) is 51.0 Å². The van der Waals surface area contributed by atoms with Gasteiger partial charge in [-0.25, -0.2) is 0 Å². The third-order valence-corrected chi connectivity index (χ3v) is 5.31. The van der Waals surface area contributed by atoms with Gasteiger partial charge in [0.15, 0.2) is 0 Å². The van der Waals surface area contributed by atoms with E-state index in [1.54, 1.807) is 18.2 Å². The van der Waals surface area contributed by atoms with Crippen molar-refractivity contribution in [2.45, 2.75) is 39.5 Å². The average Bonchev–Trinajstić information content (AvgIpc) is 2.63. The van der Waals surface area contributed by atoms with Gasteiger partial charge in [-0.15, -0.1) is 10.2 Å². The molecule has 0 aromatic heterocycles. The highest BCUT2D eigenvalue weighted by Crippen LogP contribution is 2.40. The summed E-state index contributed by atoms with van der Waals surface area (Å²) in [7, 11) is 0. The maximum Gasteiger partial charge on any atom is 0.314 e. The van der Waals surface area contributed by atoms with Gasteiger partial charge >= 0.3 is 5.97 Å². The summed E-state index contributed by atoms with van der Waals surface area (Å²) in [5.41, 5.74) is 0.548. The number of halogens is 4. The number of carbonyl (C=O) groups is 1. The molecule has 0 aliphatic rings. The van der Waals surface area contributed by atoms with Gasteiger partial charge < -0.3 is 4.74 Å². The average molecular weight is 462 g/mol. The first-order valence-corrected chi connectivity index (χ1v) is 10.4. The molecule has 0 bridgehead atoms. The smallest absolute Gasteiger partial charge is 0.314 e. The Morgan fingerprint density at radius 2 is 1.50 bits per heavy atom. The van der Waals surface area contributed by atoms with Gasteiger partial charge in [0.25, 0.3) is 0 Å². The van der Waals surface area contributed by atoms with Crippen LogP contribution in [0.4, 0.5) is 11.4 Å². The zero-order valence-electron chi connectivity index (χ0n) is 15.5. The Kier molecular flexibility index (Phi) is 9.03. The van der Waals surface area contributed by atoms with Crippen molar-refractivity contribution in [2.24, 2.45) is 16.1 Å². The quantitative estimate of drug-likeness (QED) is 0.224. The number of azo groups is 1. The van der Waals surface area contributed by atoms with Crippen LogP contribution in [0.1, 0.15) is 39.5 Å². The van der Waals surface area contributed by atoms with Gasteiger partial charge in [0, 0.05) is 12.1 Å². The van der Waals surface area contributed by atoms with Crippen LogP contribution < -0.4 is 4.74 Å². The first-order chi connectivity index (χ1) is 13.4. The predicted octanol–water partition coefficient (Wildman–Crippen LogP) is 8.84. The van der Waals surface area contributed by atoms with Crippen LogP contribution in [0, 0.1) is 5.92 Å². The highest BCUT2D eigenvalue weighted by molar-refractivity contribution is 6.39. The molecule has 2 rings (SSSR count). The van der Waals surface area contributed by atoms with Crippen LogP contribution in [0.3, 0.4) is 0 Å². The number of esters is 1. The molecular formula is C20H20Cl4N2O2.